The van der Waals surface area contributed by atoms with E-state index in [1.807, 2.05) is 0 Å². The van der Waals surface area contributed by atoms with Gasteiger partial charge in [-0.05, 0) is 24.3 Å². The largest absolute Gasteiger partial charge is 0.496 e. The van der Waals surface area contributed by atoms with Gasteiger partial charge in [0.15, 0.2) is 0 Å². The summed E-state index contributed by atoms with van der Waals surface area (Å²) in [5.41, 5.74) is -0.903. The standard InChI is InChI=1S/C14H11F3O2/c1-19-11-7-3-6-10(17)13(11)14(18)12-8(15)4-2-5-9(12)16/h2-7,14,18H,1H3. The highest BCUT2D eigenvalue weighted by atomic mass is 19.1. The molecule has 1 atom stereocenters. The van der Waals surface area contributed by atoms with Gasteiger partial charge in [0.25, 0.3) is 0 Å². The molecule has 1 unspecified atom stereocenters. The maximum atomic E-state index is 13.8. The minimum absolute atomic E-state index is 0.0233. The van der Waals surface area contributed by atoms with Crippen LogP contribution in [0.2, 0.25) is 0 Å². The van der Waals surface area contributed by atoms with Crippen LogP contribution < -0.4 is 4.74 Å². The van der Waals surface area contributed by atoms with Gasteiger partial charge >= 0.3 is 0 Å². The maximum Gasteiger partial charge on any atom is 0.133 e. The quantitative estimate of drug-likeness (QED) is 0.926. The van der Waals surface area contributed by atoms with E-state index in [4.69, 9.17) is 4.74 Å². The SMILES string of the molecule is COc1cccc(F)c1C(O)c1c(F)cccc1F. The fourth-order valence-corrected chi connectivity index (χ4v) is 1.88. The topological polar surface area (TPSA) is 29.5 Å². The Kier molecular flexibility index (Phi) is 3.76. The van der Waals surface area contributed by atoms with Crippen molar-refractivity contribution in [3.05, 3.63) is 65.0 Å². The third kappa shape index (κ3) is 2.42. The highest BCUT2D eigenvalue weighted by Crippen LogP contribution is 2.34. The molecule has 2 nitrogen and oxygen atoms in total. The van der Waals surface area contributed by atoms with Gasteiger partial charge in [0, 0.05) is 0 Å². The van der Waals surface area contributed by atoms with Crippen LogP contribution in [0.5, 0.6) is 5.75 Å². The molecular weight excluding hydrogens is 257 g/mol. The van der Waals surface area contributed by atoms with Crippen molar-refractivity contribution in [2.75, 3.05) is 7.11 Å². The lowest BCUT2D eigenvalue weighted by atomic mass is 9.99. The molecule has 2 rings (SSSR count). The number of ether oxygens (including phenoxy) is 1. The Morgan fingerprint density at radius 1 is 0.895 bits per heavy atom. The Labute approximate surface area is 108 Å². The molecule has 0 saturated carbocycles. The van der Waals surface area contributed by atoms with Crippen LogP contribution in [0.1, 0.15) is 17.2 Å². The van der Waals surface area contributed by atoms with Crippen molar-refractivity contribution in [3.63, 3.8) is 0 Å². The first kappa shape index (κ1) is 13.4. The molecule has 0 aliphatic carbocycles. The van der Waals surface area contributed by atoms with Crippen molar-refractivity contribution in [2.24, 2.45) is 0 Å². The third-order valence-electron chi connectivity index (χ3n) is 2.78. The summed E-state index contributed by atoms with van der Waals surface area (Å²) in [6, 6.07) is 7.02. The second-order valence-electron chi connectivity index (χ2n) is 3.89. The maximum absolute atomic E-state index is 13.8. The summed E-state index contributed by atoms with van der Waals surface area (Å²) in [6.45, 7) is 0. The Bertz CT molecular complexity index is 579. The highest BCUT2D eigenvalue weighted by molar-refractivity contribution is 5.42. The van der Waals surface area contributed by atoms with Crippen molar-refractivity contribution < 1.29 is 23.0 Å². The van der Waals surface area contributed by atoms with Crippen molar-refractivity contribution >= 4 is 0 Å². The second-order valence-corrected chi connectivity index (χ2v) is 3.89. The molecule has 0 fully saturated rings. The van der Waals surface area contributed by atoms with Gasteiger partial charge in [-0.1, -0.05) is 12.1 Å². The lowest BCUT2D eigenvalue weighted by Crippen LogP contribution is -2.09. The van der Waals surface area contributed by atoms with E-state index < -0.39 is 29.1 Å². The van der Waals surface area contributed by atoms with Crippen LogP contribution in [0.15, 0.2) is 36.4 Å². The number of hydrogen-bond acceptors (Lipinski definition) is 2. The van der Waals surface area contributed by atoms with Crippen LogP contribution in [0.4, 0.5) is 13.2 Å². The van der Waals surface area contributed by atoms with Crippen LogP contribution in [0, 0.1) is 17.5 Å². The first-order chi connectivity index (χ1) is 9.06. The van der Waals surface area contributed by atoms with E-state index in [0.29, 0.717) is 0 Å². The summed E-state index contributed by atoms with van der Waals surface area (Å²) in [7, 11) is 1.28. The van der Waals surface area contributed by atoms with Gasteiger partial charge < -0.3 is 9.84 Å². The van der Waals surface area contributed by atoms with E-state index in [2.05, 4.69) is 0 Å². The zero-order chi connectivity index (χ0) is 14.0. The van der Waals surface area contributed by atoms with Gasteiger partial charge in [0.05, 0.1) is 18.2 Å². The summed E-state index contributed by atoms with van der Waals surface area (Å²) in [5, 5.41) is 10.0. The molecule has 0 heterocycles. The monoisotopic (exact) mass is 268 g/mol. The highest BCUT2D eigenvalue weighted by Gasteiger charge is 2.25. The fourth-order valence-electron chi connectivity index (χ4n) is 1.88. The van der Waals surface area contributed by atoms with Crippen LogP contribution in [-0.2, 0) is 0 Å². The fraction of sp³-hybridized carbons (Fsp3) is 0.143. The van der Waals surface area contributed by atoms with E-state index in [-0.39, 0.29) is 11.3 Å². The van der Waals surface area contributed by atoms with E-state index in [0.717, 1.165) is 18.2 Å². The number of aliphatic hydroxyl groups is 1. The van der Waals surface area contributed by atoms with Crippen LogP contribution in [-0.4, -0.2) is 12.2 Å². The number of hydrogen-bond donors (Lipinski definition) is 1. The number of aliphatic hydroxyl groups excluding tert-OH is 1. The number of halogens is 3. The average molecular weight is 268 g/mol. The summed E-state index contributed by atoms with van der Waals surface area (Å²) >= 11 is 0. The van der Waals surface area contributed by atoms with Gasteiger partial charge in [0.1, 0.15) is 29.3 Å². The first-order valence-electron chi connectivity index (χ1n) is 5.50. The van der Waals surface area contributed by atoms with Crippen molar-refractivity contribution in [1.29, 1.82) is 0 Å². The Hall–Kier alpha value is -2.01. The molecule has 19 heavy (non-hydrogen) atoms. The van der Waals surface area contributed by atoms with E-state index in [9.17, 15) is 18.3 Å². The molecule has 0 amide bonds. The number of benzene rings is 2. The van der Waals surface area contributed by atoms with E-state index in [1.54, 1.807) is 0 Å². The molecule has 0 aromatic heterocycles. The molecule has 0 aliphatic rings. The first-order valence-corrected chi connectivity index (χ1v) is 5.50. The lowest BCUT2D eigenvalue weighted by molar-refractivity contribution is 0.198. The average Bonchev–Trinajstić information content (AvgIpc) is 2.37. The van der Waals surface area contributed by atoms with Gasteiger partial charge in [-0.3, -0.25) is 0 Å². The Morgan fingerprint density at radius 2 is 1.37 bits per heavy atom. The Balaban J connectivity index is 2.59. The molecule has 100 valence electrons. The second kappa shape index (κ2) is 5.32. The molecule has 0 saturated heterocycles. The molecule has 5 heteroatoms. The van der Waals surface area contributed by atoms with E-state index in [1.165, 1.54) is 25.3 Å². The summed E-state index contributed by atoms with van der Waals surface area (Å²) in [4.78, 5) is 0. The molecule has 0 bridgehead atoms. The Morgan fingerprint density at radius 3 is 1.89 bits per heavy atom. The van der Waals surface area contributed by atoms with Gasteiger partial charge in [-0.15, -0.1) is 0 Å². The number of rotatable bonds is 3. The van der Waals surface area contributed by atoms with Crippen LogP contribution >= 0.6 is 0 Å². The summed E-state index contributed by atoms with van der Waals surface area (Å²) < 4.78 is 45.8. The zero-order valence-electron chi connectivity index (χ0n) is 10.0. The normalized spacial score (nSPS) is 12.3. The van der Waals surface area contributed by atoms with Crippen molar-refractivity contribution in [3.8, 4) is 5.75 Å². The van der Waals surface area contributed by atoms with Crippen LogP contribution in [0.25, 0.3) is 0 Å². The molecule has 0 radical (unpaired) electrons. The molecular formula is C14H11F3O2. The molecule has 0 aliphatic heterocycles. The predicted octanol–water partition coefficient (Wildman–Crippen LogP) is 3.19. The number of methoxy groups -OCH3 is 1. The minimum atomic E-state index is -1.78. The van der Waals surface area contributed by atoms with Gasteiger partial charge in [0.2, 0.25) is 0 Å². The van der Waals surface area contributed by atoms with Gasteiger partial charge in [-0.2, -0.15) is 0 Å². The summed E-state index contributed by atoms with van der Waals surface area (Å²) in [5.74, 6) is -2.67. The lowest BCUT2D eigenvalue weighted by Gasteiger charge is -2.17. The molecule has 2 aromatic rings. The van der Waals surface area contributed by atoms with E-state index >= 15 is 0 Å². The van der Waals surface area contributed by atoms with Crippen molar-refractivity contribution in [2.45, 2.75) is 6.10 Å². The zero-order valence-corrected chi connectivity index (χ0v) is 10.0. The molecule has 1 N–H and O–H groups in total. The summed E-state index contributed by atoms with van der Waals surface area (Å²) in [6.07, 6.45) is -1.78. The van der Waals surface area contributed by atoms with Crippen molar-refractivity contribution in [1.82, 2.24) is 0 Å². The predicted molar refractivity (Wildman–Crippen MR) is 63.4 cm³/mol. The smallest absolute Gasteiger partial charge is 0.133 e. The third-order valence-corrected chi connectivity index (χ3v) is 2.78. The molecule has 0 spiro atoms. The molecule has 2 aromatic carbocycles. The minimum Gasteiger partial charge on any atom is -0.496 e. The van der Waals surface area contributed by atoms with Gasteiger partial charge in [-0.25, -0.2) is 13.2 Å². The van der Waals surface area contributed by atoms with Crippen LogP contribution in [0.3, 0.4) is 0 Å².